The van der Waals surface area contributed by atoms with Crippen LogP contribution in [0.2, 0.25) is 5.02 Å². The van der Waals surface area contributed by atoms with Crippen LogP contribution >= 0.6 is 11.6 Å². The predicted molar refractivity (Wildman–Crippen MR) is 80.6 cm³/mol. The van der Waals surface area contributed by atoms with E-state index in [1.807, 2.05) is 19.1 Å². The number of para-hydroxylation sites is 1. The van der Waals surface area contributed by atoms with Crippen molar-refractivity contribution in [2.24, 2.45) is 0 Å². The number of rotatable bonds is 6. The van der Waals surface area contributed by atoms with E-state index < -0.39 is 5.97 Å². The quantitative estimate of drug-likeness (QED) is 0.825. The van der Waals surface area contributed by atoms with Gasteiger partial charge in [-0.2, -0.15) is 0 Å². The van der Waals surface area contributed by atoms with Gasteiger partial charge in [0.25, 0.3) is 0 Å². The fraction of sp³-hybridized carbons (Fsp3) is 0.188. The van der Waals surface area contributed by atoms with Crippen molar-refractivity contribution in [3.63, 3.8) is 0 Å². The summed E-state index contributed by atoms with van der Waals surface area (Å²) in [6.45, 7) is 2.34. The van der Waals surface area contributed by atoms with E-state index in [1.54, 1.807) is 30.3 Å². The number of halogens is 1. The largest absolute Gasteiger partial charge is 0.489 e. The van der Waals surface area contributed by atoms with Gasteiger partial charge < -0.3 is 14.6 Å². The van der Waals surface area contributed by atoms with Crippen LogP contribution in [-0.2, 0) is 0 Å². The number of aryl methyl sites for hydroxylation is 1. The Morgan fingerprint density at radius 1 is 1.10 bits per heavy atom. The summed E-state index contributed by atoms with van der Waals surface area (Å²) in [5, 5.41) is 9.66. The summed E-state index contributed by atoms with van der Waals surface area (Å²) in [7, 11) is 0. The van der Waals surface area contributed by atoms with Crippen LogP contribution in [0.1, 0.15) is 15.9 Å². The topological polar surface area (TPSA) is 55.8 Å². The molecule has 0 saturated carbocycles. The van der Waals surface area contributed by atoms with Crippen molar-refractivity contribution in [2.45, 2.75) is 6.92 Å². The fourth-order valence-corrected chi connectivity index (χ4v) is 1.99. The Labute approximate surface area is 127 Å². The first-order chi connectivity index (χ1) is 10.1. The number of benzene rings is 2. The number of carboxylic acids is 1. The molecule has 0 aliphatic rings. The Hall–Kier alpha value is -2.20. The number of hydrogen-bond donors (Lipinski definition) is 1. The van der Waals surface area contributed by atoms with Crippen molar-refractivity contribution < 1.29 is 19.4 Å². The SMILES string of the molecule is Cc1ccc(OCCOc2ccccc2Cl)c(C(=O)O)c1. The van der Waals surface area contributed by atoms with Gasteiger partial charge in [0.2, 0.25) is 0 Å². The molecule has 21 heavy (non-hydrogen) atoms. The highest BCUT2D eigenvalue weighted by Crippen LogP contribution is 2.23. The highest BCUT2D eigenvalue weighted by molar-refractivity contribution is 6.32. The number of carboxylic acid groups (broad SMARTS) is 1. The molecule has 4 nitrogen and oxygen atoms in total. The standard InChI is InChI=1S/C16H15ClO4/c1-11-6-7-14(12(10-11)16(18)19)20-8-9-21-15-5-3-2-4-13(15)17/h2-7,10H,8-9H2,1H3,(H,18,19). The average molecular weight is 307 g/mol. The van der Waals surface area contributed by atoms with Gasteiger partial charge in [-0.05, 0) is 31.2 Å². The van der Waals surface area contributed by atoms with Gasteiger partial charge in [-0.3, -0.25) is 0 Å². The van der Waals surface area contributed by atoms with E-state index in [9.17, 15) is 4.79 Å². The first-order valence-corrected chi connectivity index (χ1v) is 6.80. The molecule has 2 aromatic rings. The lowest BCUT2D eigenvalue weighted by Crippen LogP contribution is -2.11. The van der Waals surface area contributed by atoms with E-state index in [2.05, 4.69) is 0 Å². The molecule has 0 fully saturated rings. The van der Waals surface area contributed by atoms with E-state index in [0.717, 1.165) is 5.56 Å². The smallest absolute Gasteiger partial charge is 0.339 e. The molecule has 1 N–H and O–H groups in total. The van der Waals surface area contributed by atoms with Crippen LogP contribution in [0.15, 0.2) is 42.5 Å². The Balaban J connectivity index is 1.92. The molecule has 0 atom stereocenters. The Morgan fingerprint density at radius 2 is 1.76 bits per heavy atom. The number of carbonyl (C=O) groups is 1. The van der Waals surface area contributed by atoms with E-state index in [-0.39, 0.29) is 18.8 Å². The maximum absolute atomic E-state index is 11.1. The molecule has 0 spiro atoms. The zero-order valence-electron chi connectivity index (χ0n) is 11.5. The Kier molecular flexibility index (Phi) is 5.06. The maximum Gasteiger partial charge on any atom is 0.339 e. The molecule has 2 rings (SSSR count). The molecule has 0 radical (unpaired) electrons. The van der Waals surface area contributed by atoms with Gasteiger partial charge in [-0.15, -0.1) is 0 Å². The normalized spacial score (nSPS) is 10.2. The average Bonchev–Trinajstić information content (AvgIpc) is 2.46. The molecule has 0 aliphatic carbocycles. The first kappa shape index (κ1) is 15.2. The second-order valence-corrected chi connectivity index (χ2v) is 4.84. The second-order valence-electron chi connectivity index (χ2n) is 4.43. The lowest BCUT2D eigenvalue weighted by molar-refractivity contribution is 0.0691. The highest BCUT2D eigenvalue weighted by atomic mass is 35.5. The summed E-state index contributed by atoms with van der Waals surface area (Å²) in [6.07, 6.45) is 0. The summed E-state index contributed by atoms with van der Waals surface area (Å²) in [5.41, 5.74) is 1.01. The third kappa shape index (κ3) is 4.13. The van der Waals surface area contributed by atoms with Crippen LogP contribution in [0.25, 0.3) is 0 Å². The summed E-state index contributed by atoms with van der Waals surface area (Å²) >= 11 is 5.96. The van der Waals surface area contributed by atoms with Gasteiger partial charge >= 0.3 is 5.97 Å². The molecule has 0 aromatic heterocycles. The van der Waals surface area contributed by atoms with Crippen molar-refractivity contribution in [1.82, 2.24) is 0 Å². The fourth-order valence-electron chi connectivity index (χ4n) is 1.80. The lowest BCUT2D eigenvalue weighted by atomic mass is 10.1. The van der Waals surface area contributed by atoms with E-state index in [4.69, 9.17) is 26.2 Å². The van der Waals surface area contributed by atoms with E-state index >= 15 is 0 Å². The third-order valence-corrected chi connectivity index (χ3v) is 3.11. The maximum atomic E-state index is 11.1. The van der Waals surface area contributed by atoms with Crippen molar-refractivity contribution in [1.29, 1.82) is 0 Å². The number of aromatic carboxylic acids is 1. The van der Waals surface area contributed by atoms with Crippen molar-refractivity contribution >= 4 is 17.6 Å². The minimum atomic E-state index is -1.01. The predicted octanol–water partition coefficient (Wildman–Crippen LogP) is 3.80. The molecule has 0 saturated heterocycles. The highest BCUT2D eigenvalue weighted by Gasteiger charge is 2.11. The van der Waals surface area contributed by atoms with Gasteiger partial charge in [0, 0.05) is 0 Å². The first-order valence-electron chi connectivity index (χ1n) is 6.42. The van der Waals surface area contributed by atoms with Crippen molar-refractivity contribution in [3.05, 3.63) is 58.6 Å². The van der Waals surface area contributed by atoms with Crippen LogP contribution in [0.4, 0.5) is 0 Å². The molecule has 0 unspecified atom stereocenters. The molecule has 0 amide bonds. The molecule has 5 heteroatoms. The molecule has 0 heterocycles. The molecular formula is C16H15ClO4. The monoisotopic (exact) mass is 306 g/mol. The zero-order valence-corrected chi connectivity index (χ0v) is 12.3. The Bertz CT molecular complexity index is 640. The van der Waals surface area contributed by atoms with Gasteiger partial charge in [0.1, 0.15) is 30.3 Å². The molecule has 2 aromatic carbocycles. The van der Waals surface area contributed by atoms with Crippen molar-refractivity contribution in [3.8, 4) is 11.5 Å². The minimum Gasteiger partial charge on any atom is -0.489 e. The van der Waals surface area contributed by atoms with E-state index in [1.165, 1.54) is 0 Å². The summed E-state index contributed by atoms with van der Waals surface area (Å²) in [5.74, 6) is -0.110. The Morgan fingerprint density at radius 3 is 2.43 bits per heavy atom. The van der Waals surface area contributed by atoms with Gasteiger partial charge in [0.15, 0.2) is 0 Å². The van der Waals surface area contributed by atoms with Gasteiger partial charge in [-0.25, -0.2) is 4.79 Å². The zero-order chi connectivity index (χ0) is 15.2. The third-order valence-electron chi connectivity index (χ3n) is 2.80. The number of hydrogen-bond acceptors (Lipinski definition) is 3. The summed E-state index contributed by atoms with van der Waals surface area (Å²) in [6, 6.07) is 12.2. The van der Waals surface area contributed by atoms with Crippen molar-refractivity contribution in [2.75, 3.05) is 13.2 Å². The van der Waals surface area contributed by atoms with Crippen LogP contribution in [0.5, 0.6) is 11.5 Å². The second kappa shape index (κ2) is 6.99. The molecular weight excluding hydrogens is 292 g/mol. The van der Waals surface area contributed by atoms with Gasteiger partial charge in [0.05, 0.1) is 5.02 Å². The van der Waals surface area contributed by atoms with Crippen LogP contribution in [0, 0.1) is 6.92 Å². The molecule has 0 aliphatic heterocycles. The number of ether oxygens (including phenoxy) is 2. The lowest BCUT2D eigenvalue weighted by Gasteiger charge is -2.11. The minimum absolute atomic E-state index is 0.146. The molecule has 0 bridgehead atoms. The van der Waals surface area contributed by atoms with Crippen LogP contribution < -0.4 is 9.47 Å². The summed E-state index contributed by atoms with van der Waals surface area (Å²) < 4.78 is 10.9. The van der Waals surface area contributed by atoms with Crippen LogP contribution in [-0.4, -0.2) is 24.3 Å². The van der Waals surface area contributed by atoms with Crippen LogP contribution in [0.3, 0.4) is 0 Å². The van der Waals surface area contributed by atoms with Gasteiger partial charge in [-0.1, -0.05) is 35.4 Å². The molecule has 110 valence electrons. The van der Waals surface area contributed by atoms with E-state index in [0.29, 0.717) is 16.5 Å². The summed E-state index contributed by atoms with van der Waals surface area (Å²) in [4.78, 5) is 11.1.